The number of hydrogen-bond donors (Lipinski definition) is 1. The van der Waals surface area contributed by atoms with Gasteiger partial charge in [0.25, 0.3) is 0 Å². The molecule has 2 aliphatic heterocycles. The molecule has 2 unspecified atom stereocenters. The first-order valence-electron chi connectivity index (χ1n) is 5.25. The molecule has 13 heavy (non-hydrogen) atoms. The lowest BCUT2D eigenvalue weighted by Gasteiger charge is -2.45. The van der Waals surface area contributed by atoms with E-state index in [1.54, 1.807) is 0 Å². The molecule has 2 aliphatic rings. The van der Waals surface area contributed by atoms with Crippen LogP contribution in [0.1, 0.15) is 33.1 Å². The Labute approximate surface area is 84.8 Å². The minimum Gasteiger partial charge on any atom is -0.375 e. The van der Waals surface area contributed by atoms with Crippen molar-refractivity contribution in [2.45, 2.75) is 50.2 Å². The zero-order valence-corrected chi connectivity index (χ0v) is 9.32. The van der Waals surface area contributed by atoms with Gasteiger partial charge >= 0.3 is 0 Å². The maximum absolute atomic E-state index is 5.76. The van der Waals surface area contributed by atoms with Crippen molar-refractivity contribution in [2.75, 3.05) is 12.3 Å². The van der Waals surface area contributed by atoms with Gasteiger partial charge in [-0.1, -0.05) is 0 Å². The highest BCUT2D eigenvalue weighted by molar-refractivity contribution is 8.00. The fourth-order valence-electron chi connectivity index (χ4n) is 2.47. The molecule has 1 spiro atoms. The van der Waals surface area contributed by atoms with Crippen molar-refractivity contribution < 1.29 is 4.74 Å². The Balaban J connectivity index is 2.02. The maximum Gasteiger partial charge on any atom is 0.0694 e. The van der Waals surface area contributed by atoms with Crippen LogP contribution in [0, 0.1) is 0 Å². The summed E-state index contributed by atoms with van der Waals surface area (Å²) in [6.07, 6.45) is 4.49. The number of ether oxygens (including phenoxy) is 1. The molecule has 2 saturated heterocycles. The zero-order valence-electron chi connectivity index (χ0n) is 8.51. The Hall–Kier alpha value is 0.270. The number of hydrogen-bond acceptors (Lipinski definition) is 3. The molecule has 2 nitrogen and oxygen atoms in total. The normalized spacial score (nSPS) is 46.6. The van der Waals surface area contributed by atoms with Crippen LogP contribution in [0.3, 0.4) is 0 Å². The predicted octanol–water partition coefficient (Wildman–Crippen LogP) is 2.00. The maximum atomic E-state index is 5.76. The highest BCUT2D eigenvalue weighted by atomic mass is 32.2. The Morgan fingerprint density at radius 1 is 1.31 bits per heavy atom. The molecule has 2 heterocycles. The van der Waals surface area contributed by atoms with Crippen LogP contribution in [0.4, 0.5) is 0 Å². The van der Waals surface area contributed by atoms with Crippen LogP contribution in [-0.4, -0.2) is 29.4 Å². The molecule has 2 atom stereocenters. The SMILES string of the molecule is CC1CC2(CC(C)O1)NCCCS2. The fourth-order valence-corrected chi connectivity index (χ4v) is 4.06. The van der Waals surface area contributed by atoms with E-state index in [1.807, 2.05) is 0 Å². The van der Waals surface area contributed by atoms with Crippen LogP contribution in [-0.2, 0) is 4.74 Å². The molecule has 1 N–H and O–H groups in total. The Bertz CT molecular complexity index is 168. The standard InChI is InChI=1S/C10H19NOS/c1-8-6-10(7-9(2)12-8)11-4-3-5-13-10/h8-9,11H,3-7H2,1-2H3. The van der Waals surface area contributed by atoms with Gasteiger partial charge in [0.2, 0.25) is 0 Å². The van der Waals surface area contributed by atoms with E-state index in [2.05, 4.69) is 30.9 Å². The zero-order chi connectivity index (χ0) is 9.31. The summed E-state index contributed by atoms with van der Waals surface area (Å²) < 4.78 is 5.76. The van der Waals surface area contributed by atoms with Crippen LogP contribution in [0.2, 0.25) is 0 Å². The molecule has 0 saturated carbocycles. The molecule has 0 amide bonds. The van der Waals surface area contributed by atoms with E-state index < -0.39 is 0 Å². The minimum absolute atomic E-state index is 0.343. The van der Waals surface area contributed by atoms with Gasteiger partial charge in [-0.3, -0.25) is 0 Å². The lowest BCUT2D eigenvalue weighted by molar-refractivity contribution is -0.0493. The van der Waals surface area contributed by atoms with Crippen LogP contribution in [0.5, 0.6) is 0 Å². The van der Waals surface area contributed by atoms with E-state index in [9.17, 15) is 0 Å². The van der Waals surface area contributed by atoms with Crippen LogP contribution < -0.4 is 5.32 Å². The van der Waals surface area contributed by atoms with Gasteiger partial charge in [0.1, 0.15) is 0 Å². The smallest absolute Gasteiger partial charge is 0.0694 e. The molecule has 0 bridgehead atoms. The Kier molecular flexibility index (Phi) is 2.86. The van der Waals surface area contributed by atoms with Crippen molar-refractivity contribution in [1.29, 1.82) is 0 Å². The first kappa shape index (κ1) is 9.81. The fraction of sp³-hybridized carbons (Fsp3) is 1.00. The second kappa shape index (κ2) is 3.79. The highest BCUT2D eigenvalue weighted by Gasteiger charge is 2.39. The van der Waals surface area contributed by atoms with Crippen molar-refractivity contribution in [1.82, 2.24) is 5.32 Å². The molecule has 76 valence electrons. The van der Waals surface area contributed by atoms with Gasteiger partial charge in [-0.05, 0) is 32.6 Å². The van der Waals surface area contributed by atoms with Crippen molar-refractivity contribution in [2.24, 2.45) is 0 Å². The molecule has 0 aromatic heterocycles. The Morgan fingerprint density at radius 2 is 2.00 bits per heavy atom. The molecular formula is C10H19NOS. The van der Waals surface area contributed by atoms with Gasteiger partial charge in [-0.2, -0.15) is 0 Å². The van der Waals surface area contributed by atoms with Gasteiger partial charge in [-0.25, -0.2) is 0 Å². The van der Waals surface area contributed by atoms with Gasteiger partial charge in [0.05, 0.1) is 17.1 Å². The van der Waals surface area contributed by atoms with E-state index >= 15 is 0 Å². The minimum atomic E-state index is 0.343. The highest BCUT2D eigenvalue weighted by Crippen LogP contribution is 2.39. The lowest BCUT2D eigenvalue weighted by atomic mass is 9.98. The molecule has 0 aromatic carbocycles. The van der Waals surface area contributed by atoms with E-state index in [1.165, 1.54) is 31.6 Å². The van der Waals surface area contributed by atoms with Gasteiger partial charge in [-0.15, -0.1) is 11.8 Å². The average Bonchev–Trinajstić information content (AvgIpc) is 2.02. The summed E-state index contributed by atoms with van der Waals surface area (Å²) in [7, 11) is 0. The molecule has 3 heteroatoms. The topological polar surface area (TPSA) is 21.3 Å². The summed E-state index contributed by atoms with van der Waals surface area (Å²) in [5, 5.41) is 3.68. The largest absolute Gasteiger partial charge is 0.375 e. The van der Waals surface area contributed by atoms with E-state index in [0.29, 0.717) is 17.1 Å². The van der Waals surface area contributed by atoms with Crippen molar-refractivity contribution >= 4 is 11.8 Å². The third kappa shape index (κ3) is 2.20. The molecule has 2 fully saturated rings. The first-order valence-corrected chi connectivity index (χ1v) is 6.23. The predicted molar refractivity (Wildman–Crippen MR) is 57.1 cm³/mol. The average molecular weight is 201 g/mol. The molecule has 2 rings (SSSR count). The summed E-state index contributed by atoms with van der Waals surface area (Å²) >= 11 is 2.10. The molecular weight excluding hydrogens is 182 g/mol. The molecule has 0 radical (unpaired) electrons. The molecule has 0 aliphatic carbocycles. The van der Waals surface area contributed by atoms with Gasteiger partial charge in [0.15, 0.2) is 0 Å². The molecule has 0 aromatic rings. The van der Waals surface area contributed by atoms with E-state index in [0.717, 1.165) is 0 Å². The van der Waals surface area contributed by atoms with Crippen LogP contribution >= 0.6 is 11.8 Å². The number of thioether (sulfide) groups is 1. The second-order valence-electron chi connectivity index (χ2n) is 4.29. The summed E-state index contributed by atoms with van der Waals surface area (Å²) in [6.45, 7) is 5.56. The van der Waals surface area contributed by atoms with Crippen LogP contribution in [0.25, 0.3) is 0 Å². The monoisotopic (exact) mass is 201 g/mol. The summed E-state index contributed by atoms with van der Waals surface area (Å²) in [4.78, 5) is 0.343. The summed E-state index contributed by atoms with van der Waals surface area (Å²) in [5.41, 5.74) is 0. The van der Waals surface area contributed by atoms with Gasteiger partial charge in [0, 0.05) is 12.8 Å². The number of rotatable bonds is 0. The third-order valence-corrected chi connectivity index (χ3v) is 4.37. The van der Waals surface area contributed by atoms with Crippen molar-refractivity contribution in [3.05, 3.63) is 0 Å². The Morgan fingerprint density at radius 3 is 2.54 bits per heavy atom. The van der Waals surface area contributed by atoms with Gasteiger partial charge < -0.3 is 10.1 Å². The van der Waals surface area contributed by atoms with Crippen molar-refractivity contribution in [3.8, 4) is 0 Å². The number of nitrogens with one attached hydrogen (secondary N) is 1. The third-order valence-electron chi connectivity index (χ3n) is 2.85. The quantitative estimate of drug-likeness (QED) is 0.647. The first-order chi connectivity index (χ1) is 6.20. The van der Waals surface area contributed by atoms with Crippen molar-refractivity contribution in [3.63, 3.8) is 0 Å². The van der Waals surface area contributed by atoms with Crippen LogP contribution in [0.15, 0.2) is 0 Å². The summed E-state index contributed by atoms with van der Waals surface area (Å²) in [5.74, 6) is 1.31. The lowest BCUT2D eigenvalue weighted by Crippen LogP contribution is -2.53. The van der Waals surface area contributed by atoms with E-state index in [-0.39, 0.29) is 0 Å². The van der Waals surface area contributed by atoms with E-state index in [4.69, 9.17) is 4.74 Å². The second-order valence-corrected chi connectivity index (χ2v) is 5.77. The summed E-state index contributed by atoms with van der Waals surface area (Å²) in [6, 6.07) is 0.